The number of aryl methyl sites for hydroxylation is 1. The number of nitro benzene ring substituents is 1. The summed E-state index contributed by atoms with van der Waals surface area (Å²) < 4.78 is 7.96. The van der Waals surface area contributed by atoms with E-state index in [1.807, 2.05) is 24.3 Å². The molecule has 2 aromatic heterocycles. The van der Waals surface area contributed by atoms with Gasteiger partial charge in [0.05, 0.1) is 21.4 Å². The Morgan fingerprint density at radius 2 is 1.77 bits per heavy atom. The van der Waals surface area contributed by atoms with Gasteiger partial charge in [-0.15, -0.1) is 0 Å². The molecule has 1 N–H and O–H groups in total. The van der Waals surface area contributed by atoms with Crippen molar-refractivity contribution in [2.75, 3.05) is 5.32 Å². The first-order chi connectivity index (χ1) is 15.0. The molecule has 1 saturated carbocycles. The summed E-state index contributed by atoms with van der Waals surface area (Å²) >= 11 is 0. The van der Waals surface area contributed by atoms with E-state index in [9.17, 15) is 14.9 Å². The van der Waals surface area contributed by atoms with E-state index in [4.69, 9.17) is 4.42 Å². The molecule has 7 heteroatoms. The van der Waals surface area contributed by atoms with E-state index in [1.165, 1.54) is 18.6 Å². The number of nitrogens with zero attached hydrogens (tertiary/aromatic N) is 2. The van der Waals surface area contributed by atoms with Crippen LogP contribution in [-0.4, -0.2) is 15.5 Å². The number of anilines is 1. The molecule has 0 amide bonds. The van der Waals surface area contributed by atoms with Crippen molar-refractivity contribution in [3.63, 3.8) is 0 Å². The maximum atomic E-state index is 13.4. The Kier molecular flexibility index (Phi) is 4.73. The van der Waals surface area contributed by atoms with Crippen LogP contribution in [0.4, 0.5) is 11.6 Å². The zero-order valence-corrected chi connectivity index (χ0v) is 17.3. The third-order valence-electron chi connectivity index (χ3n) is 6.24. The van der Waals surface area contributed by atoms with Crippen LogP contribution in [0.2, 0.25) is 0 Å². The smallest absolute Gasteiger partial charge is 0.269 e. The molecule has 1 aliphatic rings. The summed E-state index contributed by atoms with van der Waals surface area (Å²) in [5.41, 5.74) is 2.59. The highest BCUT2D eigenvalue weighted by molar-refractivity contribution is 6.10. The Bertz CT molecular complexity index is 1350. The van der Waals surface area contributed by atoms with Crippen molar-refractivity contribution in [1.82, 2.24) is 4.57 Å². The lowest BCUT2D eigenvalue weighted by molar-refractivity contribution is -0.384. The first-order valence-electron chi connectivity index (χ1n) is 10.6. The lowest BCUT2D eigenvalue weighted by Crippen LogP contribution is -2.22. The first kappa shape index (κ1) is 19.4. The summed E-state index contributed by atoms with van der Waals surface area (Å²) in [7, 11) is 1.75. The number of hydrogen-bond donors (Lipinski definition) is 1. The Morgan fingerprint density at radius 3 is 2.48 bits per heavy atom. The molecule has 31 heavy (non-hydrogen) atoms. The Hall–Kier alpha value is -3.61. The number of nitro groups is 1. The molecule has 2 aromatic carbocycles. The SMILES string of the molecule is Cn1c(=O)c2c(-c3ccc([N+](=O)[O-])cc3)c(NC3CCCCC3)oc2c2ccccc21. The van der Waals surface area contributed by atoms with Crippen LogP contribution in [0, 0.1) is 10.1 Å². The van der Waals surface area contributed by atoms with Crippen LogP contribution >= 0.6 is 0 Å². The van der Waals surface area contributed by atoms with E-state index < -0.39 is 4.92 Å². The minimum atomic E-state index is -0.426. The van der Waals surface area contributed by atoms with Crippen LogP contribution in [0.1, 0.15) is 32.1 Å². The quantitative estimate of drug-likeness (QED) is 0.344. The molecule has 0 bridgehead atoms. The molecule has 4 aromatic rings. The summed E-state index contributed by atoms with van der Waals surface area (Å²) in [5, 5.41) is 16.0. The predicted molar refractivity (Wildman–Crippen MR) is 122 cm³/mol. The fourth-order valence-electron chi connectivity index (χ4n) is 4.62. The van der Waals surface area contributed by atoms with Gasteiger partial charge in [-0.05, 0) is 42.7 Å². The van der Waals surface area contributed by atoms with Crippen molar-refractivity contribution in [2.24, 2.45) is 7.05 Å². The standard InChI is InChI=1S/C24H23N3O4/c1-26-19-10-6-5-9-18(19)22-21(24(26)28)20(15-11-13-17(14-12-15)27(29)30)23(31-22)25-16-7-3-2-4-8-16/h5-6,9-14,16,25H,2-4,7-8H2,1H3. The average molecular weight is 417 g/mol. The molecule has 2 heterocycles. The Morgan fingerprint density at radius 1 is 1.06 bits per heavy atom. The summed E-state index contributed by atoms with van der Waals surface area (Å²) in [4.78, 5) is 24.1. The second-order valence-electron chi connectivity index (χ2n) is 8.17. The number of aromatic nitrogens is 1. The largest absolute Gasteiger partial charge is 0.439 e. The van der Waals surface area contributed by atoms with Gasteiger partial charge in [-0.1, -0.05) is 31.4 Å². The molecule has 0 saturated heterocycles. The van der Waals surface area contributed by atoms with Gasteiger partial charge < -0.3 is 14.3 Å². The van der Waals surface area contributed by atoms with E-state index in [0.29, 0.717) is 22.4 Å². The van der Waals surface area contributed by atoms with Gasteiger partial charge in [0, 0.05) is 30.6 Å². The monoisotopic (exact) mass is 417 g/mol. The molecular weight excluding hydrogens is 394 g/mol. The molecule has 0 spiro atoms. The number of nitrogens with one attached hydrogen (secondary N) is 1. The highest BCUT2D eigenvalue weighted by Crippen LogP contribution is 2.41. The van der Waals surface area contributed by atoms with Crippen molar-refractivity contribution >= 4 is 33.4 Å². The van der Waals surface area contributed by atoms with Crippen LogP contribution in [0.3, 0.4) is 0 Å². The maximum absolute atomic E-state index is 13.4. The third-order valence-corrected chi connectivity index (χ3v) is 6.24. The lowest BCUT2D eigenvalue weighted by Gasteiger charge is -2.23. The number of fused-ring (bicyclic) bond motifs is 3. The zero-order chi connectivity index (χ0) is 21.5. The van der Waals surface area contributed by atoms with Crippen molar-refractivity contribution in [3.8, 4) is 11.1 Å². The van der Waals surface area contributed by atoms with Crippen LogP contribution in [0.15, 0.2) is 57.7 Å². The van der Waals surface area contributed by atoms with Gasteiger partial charge in [0.2, 0.25) is 5.88 Å². The van der Waals surface area contributed by atoms with E-state index >= 15 is 0 Å². The van der Waals surface area contributed by atoms with Gasteiger partial charge in [0.1, 0.15) is 0 Å². The minimum Gasteiger partial charge on any atom is -0.439 e. The van der Waals surface area contributed by atoms with Crippen LogP contribution < -0.4 is 10.9 Å². The lowest BCUT2D eigenvalue weighted by atomic mass is 9.95. The topological polar surface area (TPSA) is 90.3 Å². The summed E-state index contributed by atoms with van der Waals surface area (Å²) in [6.07, 6.45) is 5.66. The van der Waals surface area contributed by atoms with Gasteiger partial charge in [-0.2, -0.15) is 0 Å². The van der Waals surface area contributed by atoms with E-state index in [1.54, 1.807) is 23.7 Å². The summed E-state index contributed by atoms with van der Waals surface area (Å²) in [5.74, 6) is 0.559. The van der Waals surface area contributed by atoms with Gasteiger partial charge >= 0.3 is 0 Å². The number of pyridine rings is 1. The fraction of sp³-hybridized carbons (Fsp3) is 0.292. The van der Waals surface area contributed by atoms with Crippen LogP contribution in [-0.2, 0) is 7.05 Å². The summed E-state index contributed by atoms with van der Waals surface area (Å²) in [6, 6.07) is 14.2. The van der Waals surface area contributed by atoms with E-state index in [0.717, 1.165) is 42.1 Å². The van der Waals surface area contributed by atoms with Gasteiger partial charge in [-0.25, -0.2) is 0 Å². The molecular formula is C24H23N3O4. The van der Waals surface area contributed by atoms with E-state index in [2.05, 4.69) is 5.32 Å². The summed E-state index contributed by atoms with van der Waals surface area (Å²) in [6.45, 7) is 0. The second kappa shape index (κ2) is 7.58. The predicted octanol–water partition coefficient (Wildman–Crippen LogP) is 5.60. The molecule has 0 atom stereocenters. The number of benzene rings is 2. The fourth-order valence-corrected chi connectivity index (χ4v) is 4.62. The maximum Gasteiger partial charge on any atom is 0.269 e. The highest BCUT2D eigenvalue weighted by atomic mass is 16.6. The molecule has 1 fully saturated rings. The van der Waals surface area contributed by atoms with Crippen LogP contribution in [0.25, 0.3) is 33.0 Å². The number of non-ortho nitro benzene ring substituents is 1. The molecule has 158 valence electrons. The molecule has 0 radical (unpaired) electrons. The van der Waals surface area contributed by atoms with Crippen LogP contribution in [0.5, 0.6) is 0 Å². The number of rotatable bonds is 4. The highest BCUT2D eigenvalue weighted by Gasteiger charge is 2.25. The molecule has 1 aliphatic carbocycles. The average Bonchev–Trinajstić information content (AvgIpc) is 3.17. The number of furan rings is 1. The second-order valence-corrected chi connectivity index (χ2v) is 8.17. The molecule has 0 unspecified atom stereocenters. The van der Waals surface area contributed by atoms with Crippen molar-refractivity contribution in [1.29, 1.82) is 0 Å². The molecule has 5 rings (SSSR count). The van der Waals surface area contributed by atoms with Crippen molar-refractivity contribution < 1.29 is 9.34 Å². The first-order valence-corrected chi connectivity index (χ1v) is 10.6. The molecule has 7 nitrogen and oxygen atoms in total. The molecule has 0 aliphatic heterocycles. The minimum absolute atomic E-state index is 0.0108. The number of para-hydroxylation sites is 1. The van der Waals surface area contributed by atoms with Gasteiger partial charge in [0.25, 0.3) is 11.2 Å². The normalized spacial score (nSPS) is 14.9. The Labute approximate surface area is 178 Å². The number of hydrogen-bond acceptors (Lipinski definition) is 5. The van der Waals surface area contributed by atoms with E-state index in [-0.39, 0.29) is 17.3 Å². The Balaban J connectivity index is 1.78. The van der Waals surface area contributed by atoms with Gasteiger partial charge in [0.15, 0.2) is 5.58 Å². The van der Waals surface area contributed by atoms with Gasteiger partial charge in [-0.3, -0.25) is 14.9 Å². The zero-order valence-electron chi connectivity index (χ0n) is 17.3. The van der Waals surface area contributed by atoms with Crippen molar-refractivity contribution in [2.45, 2.75) is 38.1 Å². The van der Waals surface area contributed by atoms with Crippen molar-refractivity contribution in [3.05, 3.63) is 69.0 Å². The third kappa shape index (κ3) is 3.26.